The highest BCUT2D eigenvalue weighted by Gasteiger charge is 2.42. The number of β-amino-alcohol motifs (C(OH)–C–C–N with tert-alkyl or cyclic N) is 1. The number of amides is 2. The third kappa shape index (κ3) is 8.12. The van der Waals surface area contributed by atoms with E-state index in [1.165, 1.54) is 25.7 Å². The molecule has 38 heavy (non-hydrogen) atoms. The van der Waals surface area contributed by atoms with E-state index in [0.717, 1.165) is 30.7 Å². The van der Waals surface area contributed by atoms with Gasteiger partial charge >= 0.3 is 6.09 Å². The summed E-state index contributed by atoms with van der Waals surface area (Å²) in [5.74, 6) is 2.15. The van der Waals surface area contributed by atoms with Crippen molar-refractivity contribution in [2.45, 2.75) is 108 Å². The van der Waals surface area contributed by atoms with Crippen LogP contribution in [0.25, 0.3) is 0 Å². The highest BCUT2D eigenvalue weighted by molar-refractivity contribution is 8.00. The number of piperidine rings is 1. The molecule has 0 unspecified atom stereocenters. The lowest BCUT2D eigenvalue weighted by molar-refractivity contribution is -0.132. The Bertz CT molecular complexity index is 924. The van der Waals surface area contributed by atoms with E-state index < -0.39 is 18.2 Å². The maximum atomic E-state index is 13.4. The Morgan fingerprint density at radius 3 is 2.50 bits per heavy atom. The average Bonchev–Trinajstić information content (AvgIpc) is 3.26. The largest absolute Gasteiger partial charge is 0.445 e. The summed E-state index contributed by atoms with van der Waals surface area (Å²) in [7, 11) is 0. The number of fused-ring (bicyclic) bond motifs is 1. The number of hydrogen-bond donors (Lipinski definition) is 3. The molecule has 3 fully saturated rings. The van der Waals surface area contributed by atoms with Gasteiger partial charge < -0.3 is 20.5 Å². The Hall–Kier alpha value is -1.77. The van der Waals surface area contributed by atoms with Crippen LogP contribution < -0.4 is 10.6 Å². The molecule has 2 aliphatic heterocycles. The molecule has 4 rings (SSSR count). The third-order valence-corrected chi connectivity index (χ3v) is 9.66. The Morgan fingerprint density at radius 1 is 1.13 bits per heavy atom. The lowest BCUT2D eigenvalue weighted by atomic mass is 9.72. The smallest absolute Gasteiger partial charge is 0.407 e. The van der Waals surface area contributed by atoms with Gasteiger partial charge in [-0.25, -0.2) is 4.79 Å². The molecule has 1 saturated carbocycles. The molecule has 7 atom stereocenters. The molecule has 3 aliphatic rings. The minimum atomic E-state index is -0.844. The van der Waals surface area contributed by atoms with Gasteiger partial charge in [0, 0.05) is 23.9 Å². The standard InChI is InChI=1S/C30H47N3O4S/c1-20-27(14-15-38-20)37-29(36)31-24(16-21-10-6-5-7-11-21)26(34)19-33-18-23-13-9-8-12-22(23)17-25(33)28(35)32-30(2,3)4/h5-7,10-11,20,22-27,34H,8-9,12-19H2,1-4H3,(H,31,36)(H,32,35)/t20-,22-,23+,24-,25-,26+,27-/m0/s1. The summed E-state index contributed by atoms with van der Waals surface area (Å²) in [6.07, 6.45) is 5.58. The van der Waals surface area contributed by atoms with Crippen LogP contribution >= 0.6 is 11.8 Å². The van der Waals surface area contributed by atoms with E-state index in [1.807, 2.05) is 62.9 Å². The topological polar surface area (TPSA) is 90.9 Å². The number of alkyl carbamates (subject to hydrolysis) is 1. The Kier molecular flexibility index (Phi) is 10.0. The number of rotatable bonds is 8. The molecule has 1 aromatic carbocycles. The molecule has 1 aromatic rings. The molecular weight excluding hydrogens is 498 g/mol. The first-order chi connectivity index (χ1) is 18.1. The molecule has 2 heterocycles. The van der Waals surface area contributed by atoms with Gasteiger partial charge in [-0.2, -0.15) is 11.8 Å². The summed E-state index contributed by atoms with van der Waals surface area (Å²) in [5.41, 5.74) is 0.719. The van der Waals surface area contributed by atoms with E-state index >= 15 is 0 Å². The van der Waals surface area contributed by atoms with Crippen molar-refractivity contribution in [3.05, 3.63) is 35.9 Å². The highest BCUT2D eigenvalue weighted by atomic mass is 32.2. The van der Waals surface area contributed by atoms with Crippen LogP contribution in [0.3, 0.4) is 0 Å². The molecule has 3 N–H and O–H groups in total. The van der Waals surface area contributed by atoms with Crippen LogP contribution in [-0.4, -0.2) is 75.9 Å². The quantitative estimate of drug-likeness (QED) is 0.449. The first-order valence-corrected chi connectivity index (χ1v) is 15.5. The fourth-order valence-electron chi connectivity index (χ4n) is 6.34. The second-order valence-electron chi connectivity index (χ2n) is 12.6. The summed E-state index contributed by atoms with van der Waals surface area (Å²) in [5, 5.41) is 18.0. The SMILES string of the molecule is C[C@@H]1SCC[C@@H]1OC(=O)N[C@@H](Cc1ccccc1)[C@H](O)CN1C[C@H]2CCCC[C@H]2C[C@H]1C(=O)NC(C)(C)C. The van der Waals surface area contributed by atoms with Gasteiger partial charge in [0.2, 0.25) is 5.91 Å². The Morgan fingerprint density at radius 2 is 1.84 bits per heavy atom. The Labute approximate surface area is 232 Å². The first kappa shape index (κ1) is 29.2. The van der Waals surface area contributed by atoms with Crippen molar-refractivity contribution in [3.8, 4) is 0 Å². The van der Waals surface area contributed by atoms with Gasteiger partial charge in [-0.1, -0.05) is 49.6 Å². The van der Waals surface area contributed by atoms with Crippen LogP contribution in [0.2, 0.25) is 0 Å². The van der Waals surface area contributed by atoms with E-state index in [0.29, 0.717) is 24.8 Å². The number of aliphatic hydroxyl groups excluding tert-OH is 1. The van der Waals surface area contributed by atoms with E-state index in [2.05, 4.69) is 22.5 Å². The number of likely N-dealkylation sites (tertiary alicyclic amines) is 1. The number of nitrogens with one attached hydrogen (secondary N) is 2. The van der Waals surface area contributed by atoms with Gasteiger partial charge in [-0.05, 0) is 76.5 Å². The van der Waals surface area contributed by atoms with Crippen molar-refractivity contribution in [2.75, 3.05) is 18.8 Å². The second kappa shape index (κ2) is 13.1. The van der Waals surface area contributed by atoms with Crippen molar-refractivity contribution >= 4 is 23.8 Å². The van der Waals surface area contributed by atoms with Crippen molar-refractivity contribution in [2.24, 2.45) is 11.8 Å². The molecule has 0 spiro atoms. The number of aliphatic hydroxyl groups is 1. The highest BCUT2D eigenvalue weighted by Crippen LogP contribution is 2.39. The van der Waals surface area contributed by atoms with Crippen molar-refractivity contribution in [1.29, 1.82) is 0 Å². The van der Waals surface area contributed by atoms with E-state index in [9.17, 15) is 14.7 Å². The van der Waals surface area contributed by atoms with Crippen molar-refractivity contribution in [1.82, 2.24) is 15.5 Å². The lowest BCUT2D eigenvalue weighted by Crippen LogP contribution is -2.60. The van der Waals surface area contributed by atoms with Crippen molar-refractivity contribution < 1.29 is 19.4 Å². The van der Waals surface area contributed by atoms with Crippen molar-refractivity contribution in [3.63, 3.8) is 0 Å². The lowest BCUT2D eigenvalue weighted by Gasteiger charge is -2.47. The van der Waals surface area contributed by atoms with E-state index in [-0.39, 0.29) is 28.8 Å². The molecule has 2 amide bonds. The summed E-state index contributed by atoms with van der Waals surface area (Å²) < 4.78 is 5.76. The number of ether oxygens (including phenoxy) is 1. The minimum Gasteiger partial charge on any atom is -0.445 e. The van der Waals surface area contributed by atoms with E-state index in [1.54, 1.807) is 0 Å². The van der Waals surface area contributed by atoms with Crippen LogP contribution in [0.4, 0.5) is 4.79 Å². The van der Waals surface area contributed by atoms with Crippen LogP contribution in [0.15, 0.2) is 30.3 Å². The molecular formula is C30H47N3O4S. The molecule has 2 saturated heterocycles. The molecule has 7 nitrogen and oxygen atoms in total. The van der Waals surface area contributed by atoms with Gasteiger partial charge in [-0.3, -0.25) is 9.69 Å². The fourth-order valence-corrected chi connectivity index (χ4v) is 7.48. The van der Waals surface area contributed by atoms with Gasteiger partial charge in [0.15, 0.2) is 0 Å². The number of carbonyl (C=O) groups excluding carboxylic acids is 2. The average molecular weight is 546 g/mol. The molecule has 212 valence electrons. The third-order valence-electron chi connectivity index (χ3n) is 8.36. The van der Waals surface area contributed by atoms with Gasteiger partial charge in [0.05, 0.1) is 18.2 Å². The summed E-state index contributed by atoms with van der Waals surface area (Å²) in [4.78, 5) is 28.5. The minimum absolute atomic E-state index is 0.0356. The number of hydrogen-bond acceptors (Lipinski definition) is 6. The predicted molar refractivity (Wildman–Crippen MR) is 153 cm³/mol. The molecule has 0 radical (unpaired) electrons. The maximum absolute atomic E-state index is 13.4. The summed E-state index contributed by atoms with van der Waals surface area (Å²) in [6, 6.07) is 9.12. The normalized spacial score (nSPS) is 29.7. The van der Waals surface area contributed by atoms with Crippen LogP contribution in [0.5, 0.6) is 0 Å². The monoisotopic (exact) mass is 545 g/mol. The first-order valence-electron chi connectivity index (χ1n) is 14.5. The number of carbonyl (C=O) groups is 2. The van der Waals surface area contributed by atoms with E-state index in [4.69, 9.17) is 4.74 Å². The second-order valence-corrected chi connectivity index (χ2v) is 14.1. The zero-order valence-corrected chi connectivity index (χ0v) is 24.3. The summed E-state index contributed by atoms with van der Waals surface area (Å²) in [6.45, 7) is 9.24. The Balaban J connectivity index is 1.48. The fraction of sp³-hybridized carbons (Fsp3) is 0.733. The van der Waals surface area contributed by atoms with Gasteiger partial charge in [0.25, 0.3) is 0 Å². The van der Waals surface area contributed by atoms with Gasteiger partial charge in [0.1, 0.15) is 6.10 Å². The number of thioether (sulfide) groups is 1. The molecule has 1 aliphatic carbocycles. The van der Waals surface area contributed by atoms with Crippen LogP contribution in [0, 0.1) is 11.8 Å². The van der Waals surface area contributed by atoms with Crippen LogP contribution in [0.1, 0.15) is 71.8 Å². The number of benzene rings is 1. The van der Waals surface area contributed by atoms with Crippen LogP contribution in [-0.2, 0) is 16.0 Å². The summed E-state index contributed by atoms with van der Waals surface area (Å²) >= 11 is 1.82. The molecule has 0 aromatic heterocycles. The number of nitrogens with zero attached hydrogens (tertiary/aromatic N) is 1. The predicted octanol–water partition coefficient (Wildman–Crippen LogP) is 4.37. The van der Waals surface area contributed by atoms with Gasteiger partial charge in [-0.15, -0.1) is 0 Å². The molecule has 0 bridgehead atoms. The zero-order chi connectivity index (χ0) is 27.3. The molecule has 8 heteroatoms. The maximum Gasteiger partial charge on any atom is 0.407 e. The zero-order valence-electron chi connectivity index (χ0n) is 23.5.